The molecule has 2 aromatic carbocycles. The van der Waals surface area contributed by atoms with Gasteiger partial charge in [0.2, 0.25) is 0 Å². The molecule has 0 aliphatic carbocycles. The second-order valence-corrected chi connectivity index (χ2v) is 4.48. The van der Waals surface area contributed by atoms with Gasteiger partial charge in [0.25, 0.3) is 0 Å². The largest absolute Gasteiger partial charge is 0.507 e. The molecule has 0 amide bonds. The molecule has 0 radical (unpaired) electrons. The van der Waals surface area contributed by atoms with E-state index in [1.165, 1.54) is 24.3 Å². The lowest BCUT2D eigenvalue weighted by Gasteiger charge is -2.02. The summed E-state index contributed by atoms with van der Waals surface area (Å²) in [5.74, 6) is -1.10. The van der Waals surface area contributed by atoms with Crippen molar-refractivity contribution in [2.45, 2.75) is 0 Å². The zero-order valence-corrected chi connectivity index (χ0v) is 10.2. The third-order valence-corrected chi connectivity index (χ3v) is 3.07. The van der Waals surface area contributed by atoms with Crippen LogP contribution >= 0.6 is 11.6 Å². The first-order valence-electron chi connectivity index (χ1n) is 5.42. The molecule has 3 aromatic rings. The summed E-state index contributed by atoms with van der Waals surface area (Å²) in [5.41, 5.74) is 0.722. The quantitative estimate of drug-likeness (QED) is 0.698. The fourth-order valence-corrected chi connectivity index (χ4v) is 2.04. The van der Waals surface area contributed by atoms with Gasteiger partial charge in [0.15, 0.2) is 0 Å². The molecule has 0 fully saturated rings. The Morgan fingerprint density at radius 1 is 1.05 bits per heavy atom. The zero-order valence-electron chi connectivity index (χ0n) is 9.45. The molecule has 1 heterocycles. The van der Waals surface area contributed by atoms with Crippen LogP contribution in [0.5, 0.6) is 5.75 Å². The van der Waals surface area contributed by atoms with Gasteiger partial charge in [-0.2, -0.15) is 0 Å². The maximum Gasteiger partial charge on any atom is 0.145 e. The first-order chi connectivity index (χ1) is 9.04. The van der Waals surface area contributed by atoms with Crippen molar-refractivity contribution in [2.24, 2.45) is 0 Å². The number of benzene rings is 2. The van der Waals surface area contributed by atoms with Gasteiger partial charge in [0, 0.05) is 11.5 Å². The summed E-state index contributed by atoms with van der Waals surface area (Å²) >= 11 is 5.67. The fourth-order valence-electron chi connectivity index (χ4n) is 1.88. The molecule has 19 heavy (non-hydrogen) atoms. The first-order valence-corrected chi connectivity index (χ1v) is 5.80. The van der Waals surface area contributed by atoms with Gasteiger partial charge >= 0.3 is 0 Å². The first kappa shape index (κ1) is 12.0. The van der Waals surface area contributed by atoms with Crippen molar-refractivity contribution in [3.63, 3.8) is 0 Å². The van der Waals surface area contributed by atoms with E-state index in [1.54, 1.807) is 6.07 Å². The van der Waals surface area contributed by atoms with Crippen molar-refractivity contribution in [1.29, 1.82) is 0 Å². The average molecular weight is 281 g/mol. The predicted molar refractivity (Wildman–Crippen MR) is 68.2 cm³/mol. The van der Waals surface area contributed by atoms with E-state index in [9.17, 15) is 13.9 Å². The van der Waals surface area contributed by atoms with Crippen LogP contribution in [0.25, 0.3) is 22.3 Å². The Morgan fingerprint density at radius 2 is 1.84 bits per heavy atom. The maximum absolute atomic E-state index is 13.2. The number of fused-ring (bicyclic) bond motifs is 1. The number of halogens is 3. The monoisotopic (exact) mass is 280 g/mol. The SMILES string of the molecule is Oc1cc(F)c(Cl)cc1-c1cc2cc(F)ccc2o1. The number of phenols is 1. The minimum absolute atomic E-state index is 0.126. The van der Waals surface area contributed by atoms with E-state index in [-0.39, 0.29) is 22.2 Å². The van der Waals surface area contributed by atoms with Gasteiger partial charge in [0.05, 0.1) is 10.6 Å². The molecule has 1 aromatic heterocycles. The highest BCUT2D eigenvalue weighted by Gasteiger charge is 2.14. The van der Waals surface area contributed by atoms with Crippen LogP contribution in [0.4, 0.5) is 8.78 Å². The van der Waals surface area contributed by atoms with Gasteiger partial charge in [-0.25, -0.2) is 8.78 Å². The smallest absolute Gasteiger partial charge is 0.145 e. The molecular weight excluding hydrogens is 274 g/mol. The van der Waals surface area contributed by atoms with Gasteiger partial charge in [-0.3, -0.25) is 0 Å². The number of hydrogen-bond acceptors (Lipinski definition) is 2. The molecule has 2 nitrogen and oxygen atoms in total. The Balaban J connectivity index is 2.21. The Bertz CT molecular complexity index is 780. The van der Waals surface area contributed by atoms with E-state index in [0.29, 0.717) is 16.7 Å². The molecule has 0 unspecified atom stereocenters. The molecule has 1 N–H and O–H groups in total. The van der Waals surface area contributed by atoms with Crippen LogP contribution in [0.3, 0.4) is 0 Å². The Labute approximate surface area is 111 Å². The van der Waals surface area contributed by atoms with Crippen molar-refractivity contribution in [3.8, 4) is 17.1 Å². The van der Waals surface area contributed by atoms with Gasteiger partial charge in [-0.15, -0.1) is 0 Å². The van der Waals surface area contributed by atoms with E-state index >= 15 is 0 Å². The normalized spacial score (nSPS) is 11.1. The lowest BCUT2D eigenvalue weighted by atomic mass is 10.1. The van der Waals surface area contributed by atoms with Crippen LogP contribution in [0, 0.1) is 11.6 Å². The van der Waals surface area contributed by atoms with Gasteiger partial charge in [-0.05, 0) is 30.3 Å². The second kappa shape index (κ2) is 4.24. The van der Waals surface area contributed by atoms with Crippen molar-refractivity contribution in [3.05, 3.63) is 53.1 Å². The van der Waals surface area contributed by atoms with E-state index in [1.807, 2.05) is 0 Å². The Hall–Kier alpha value is -2.07. The molecular formula is C14H7ClF2O2. The van der Waals surface area contributed by atoms with E-state index < -0.39 is 5.82 Å². The Morgan fingerprint density at radius 3 is 2.63 bits per heavy atom. The van der Waals surface area contributed by atoms with Crippen molar-refractivity contribution in [2.75, 3.05) is 0 Å². The van der Waals surface area contributed by atoms with E-state index in [2.05, 4.69) is 0 Å². The van der Waals surface area contributed by atoms with Gasteiger partial charge in [-0.1, -0.05) is 11.6 Å². The van der Waals surface area contributed by atoms with E-state index in [4.69, 9.17) is 16.0 Å². The standard InChI is InChI=1S/C14H7ClF2O2/c15-10-5-9(12(18)6-11(10)17)14-4-7-3-8(16)1-2-13(7)19-14/h1-6,18H. The number of rotatable bonds is 1. The lowest BCUT2D eigenvalue weighted by Crippen LogP contribution is -1.81. The molecule has 0 aliphatic heterocycles. The lowest BCUT2D eigenvalue weighted by molar-refractivity contribution is 0.468. The average Bonchev–Trinajstić information content (AvgIpc) is 2.76. The minimum atomic E-state index is -0.718. The van der Waals surface area contributed by atoms with Crippen LogP contribution in [-0.2, 0) is 0 Å². The highest BCUT2D eigenvalue weighted by Crippen LogP contribution is 2.36. The molecule has 0 saturated heterocycles. The third-order valence-electron chi connectivity index (χ3n) is 2.78. The number of furan rings is 1. The van der Waals surface area contributed by atoms with E-state index in [0.717, 1.165) is 6.07 Å². The maximum atomic E-state index is 13.2. The molecule has 0 bridgehead atoms. The second-order valence-electron chi connectivity index (χ2n) is 4.08. The van der Waals surface area contributed by atoms with Crippen LogP contribution in [0.2, 0.25) is 5.02 Å². The van der Waals surface area contributed by atoms with Crippen LogP contribution in [0.15, 0.2) is 40.8 Å². The highest BCUT2D eigenvalue weighted by atomic mass is 35.5. The molecule has 5 heteroatoms. The summed E-state index contributed by atoms with van der Waals surface area (Å²) < 4.78 is 31.7. The van der Waals surface area contributed by atoms with Crippen LogP contribution in [-0.4, -0.2) is 5.11 Å². The van der Waals surface area contributed by atoms with Crippen molar-refractivity contribution >= 4 is 22.6 Å². The number of aromatic hydroxyl groups is 1. The molecule has 0 atom stereocenters. The summed E-state index contributed by atoms with van der Waals surface area (Å²) in [5, 5.41) is 10.1. The number of hydrogen-bond donors (Lipinski definition) is 1. The van der Waals surface area contributed by atoms with Crippen LogP contribution < -0.4 is 0 Å². The van der Waals surface area contributed by atoms with Gasteiger partial charge in [0.1, 0.15) is 28.7 Å². The molecule has 0 aliphatic rings. The minimum Gasteiger partial charge on any atom is -0.507 e. The summed E-state index contributed by atoms with van der Waals surface area (Å²) in [6.07, 6.45) is 0. The Kier molecular flexibility index (Phi) is 2.68. The highest BCUT2D eigenvalue weighted by molar-refractivity contribution is 6.31. The molecule has 0 spiro atoms. The summed E-state index contributed by atoms with van der Waals surface area (Å²) in [6, 6.07) is 7.79. The number of phenolic OH excluding ortho intramolecular Hbond substituents is 1. The summed E-state index contributed by atoms with van der Waals surface area (Å²) in [6.45, 7) is 0. The van der Waals surface area contributed by atoms with Gasteiger partial charge < -0.3 is 9.52 Å². The zero-order chi connectivity index (χ0) is 13.6. The third kappa shape index (κ3) is 2.04. The fraction of sp³-hybridized carbons (Fsp3) is 0. The van der Waals surface area contributed by atoms with Crippen LogP contribution in [0.1, 0.15) is 0 Å². The molecule has 96 valence electrons. The summed E-state index contributed by atoms with van der Waals surface area (Å²) in [7, 11) is 0. The molecule has 0 saturated carbocycles. The van der Waals surface area contributed by atoms with Crippen molar-refractivity contribution < 1.29 is 18.3 Å². The predicted octanol–water partition coefficient (Wildman–Crippen LogP) is 4.74. The van der Waals surface area contributed by atoms with Crippen molar-refractivity contribution in [1.82, 2.24) is 0 Å². The topological polar surface area (TPSA) is 33.4 Å². The summed E-state index contributed by atoms with van der Waals surface area (Å²) in [4.78, 5) is 0. The molecule has 3 rings (SSSR count).